The Morgan fingerprint density at radius 1 is 1.15 bits per heavy atom. The largest absolute Gasteiger partial charge is 0.394 e. The summed E-state index contributed by atoms with van der Waals surface area (Å²) in [5.74, 6) is 1.22. The molecule has 34 heavy (non-hydrogen) atoms. The maximum atomic E-state index is 13.3. The van der Waals surface area contributed by atoms with Crippen molar-refractivity contribution >= 4 is 11.3 Å². The van der Waals surface area contributed by atoms with E-state index in [1.54, 1.807) is 30.7 Å². The van der Waals surface area contributed by atoms with Gasteiger partial charge in [-0.2, -0.15) is 0 Å². The number of benzene rings is 1. The molecule has 1 aliphatic rings. The monoisotopic (exact) mass is 463 g/mol. The van der Waals surface area contributed by atoms with Crippen molar-refractivity contribution in [2.75, 3.05) is 18.9 Å². The molecule has 1 fully saturated rings. The molecule has 1 aliphatic heterocycles. The molecule has 0 spiro atoms. The molecule has 0 saturated carbocycles. The van der Waals surface area contributed by atoms with Crippen LogP contribution in [0, 0.1) is 5.82 Å². The molecule has 1 saturated heterocycles. The normalized spacial score (nSPS) is 20.4. The van der Waals surface area contributed by atoms with E-state index in [0.29, 0.717) is 35.0 Å². The first-order valence-electron chi connectivity index (χ1n) is 11.1. The van der Waals surface area contributed by atoms with Crippen molar-refractivity contribution < 1.29 is 14.2 Å². The molecule has 9 nitrogen and oxygen atoms in total. The number of nitrogens with two attached hydrogens (primary N) is 2. The summed E-state index contributed by atoms with van der Waals surface area (Å²) in [6.07, 6.45) is 8.18. The van der Waals surface area contributed by atoms with Gasteiger partial charge >= 0.3 is 0 Å². The first-order valence-corrected chi connectivity index (χ1v) is 11.1. The number of nitrogens with zero attached hydrogens (tertiary/aromatic N) is 5. The number of nitrogen functional groups attached to an aromatic ring is 1. The third-order valence-corrected chi connectivity index (χ3v) is 6.46. The standard InChI is InChI=1S/C24H26FN7O2/c1-24(27,15-3-5-17(25)6-4-15)16-10-29-22(30-11-16)19-20-21(26)28-8-9-32(20)23(31-19)14-2-7-18(12-33)34-13-14/h3-6,8-11,14,18,33H,2,7,12-13,27H2,1H3,(H2,26,28)/t14?,18?,24-/m0/s1. The molecule has 1 aromatic carbocycles. The number of hydrogen-bond donors (Lipinski definition) is 3. The summed E-state index contributed by atoms with van der Waals surface area (Å²) in [6, 6.07) is 6.06. The highest BCUT2D eigenvalue weighted by atomic mass is 19.1. The molecule has 0 radical (unpaired) electrons. The molecular weight excluding hydrogens is 437 g/mol. The average molecular weight is 464 g/mol. The lowest BCUT2D eigenvalue weighted by atomic mass is 9.87. The Morgan fingerprint density at radius 2 is 1.88 bits per heavy atom. The Kier molecular flexibility index (Phi) is 5.72. The van der Waals surface area contributed by atoms with E-state index in [1.807, 2.05) is 17.5 Å². The number of aliphatic hydroxyl groups is 1. The van der Waals surface area contributed by atoms with Crippen LogP contribution in [0.3, 0.4) is 0 Å². The summed E-state index contributed by atoms with van der Waals surface area (Å²) >= 11 is 0. The number of fused-ring (bicyclic) bond motifs is 1. The van der Waals surface area contributed by atoms with E-state index in [2.05, 4.69) is 15.0 Å². The number of imidazole rings is 1. The topological polar surface area (TPSA) is 137 Å². The molecule has 0 bridgehead atoms. The predicted molar refractivity (Wildman–Crippen MR) is 124 cm³/mol. The predicted octanol–water partition coefficient (Wildman–Crippen LogP) is 2.38. The molecule has 4 aromatic rings. The quantitative estimate of drug-likeness (QED) is 0.410. The van der Waals surface area contributed by atoms with Gasteiger partial charge < -0.3 is 21.3 Å². The first kappa shape index (κ1) is 22.3. The fourth-order valence-electron chi connectivity index (χ4n) is 4.37. The number of aromatic nitrogens is 5. The smallest absolute Gasteiger partial charge is 0.180 e. The molecule has 5 rings (SSSR count). The van der Waals surface area contributed by atoms with Gasteiger partial charge in [0.25, 0.3) is 0 Å². The van der Waals surface area contributed by atoms with Crippen molar-refractivity contribution in [3.63, 3.8) is 0 Å². The van der Waals surface area contributed by atoms with Gasteiger partial charge in [0.2, 0.25) is 0 Å². The van der Waals surface area contributed by atoms with Crippen LogP contribution in [0.5, 0.6) is 0 Å². The van der Waals surface area contributed by atoms with Crippen LogP contribution in [0.25, 0.3) is 17.0 Å². The molecule has 5 N–H and O–H groups in total. The van der Waals surface area contributed by atoms with Crippen LogP contribution in [-0.4, -0.2) is 48.8 Å². The Hall–Kier alpha value is -3.47. The van der Waals surface area contributed by atoms with Crippen molar-refractivity contribution in [3.8, 4) is 11.5 Å². The Balaban J connectivity index is 1.51. The Morgan fingerprint density at radius 3 is 2.53 bits per heavy atom. The Bertz CT molecular complexity index is 1300. The van der Waals surface area contributed by atoms with Gasteiger partial charge in [-0.15, -0.1) is 0 Å². The maximum Gasteiger partial charge on any atom is 0.180 e. The van der Waals surface area contributed by atoms with Crippen LogP contribution in [0.15, 0.2) is 49.1 Å². The highest BCUT2D eigenvalue weighted by Gasteiger charge is 2.29. The number of halogens is 1. The average Bonchev–Trinajstić information content (AvgIpc) is 3.25. The van der Waals surface area contributed by atoms with Crippen molar-refractivity contribution in [2.45, 2.75) is 37.3 Å². The van der Waals surface area contributed by atoms with Crippen molar-refractivity contribution in [3.05, 3.63) is 71.8 Å². The zero-order chi connectivity index (χ0) is 23.9. The SMILES string of the molecule is C[C@](N)(c1ccc(F)cc1)c1cnc(-c2nc(C3CCC(CO)OC3)n3ccnc(N)c23)nc1. The fraction of sp³-hybridized carbons (Fsp3) is 0.333. The Labute approximate surface area is 195 Å². The van der Waals surface area contributed by atoms with Gasteiger partial charge in [-0.25, -0.2) is 24.3 Å². The number of hydrogen-bond acceptors (Lipinski definition) is 8. The van der Waals surface area contributed by atoms with Crippen molar-refractivity contribution in [1.29, 1.82) is 0 Å². The molecule has 176 valence electrons. The van der Waals surface area contributed by atoms with Crippen LogP contribution < -0.4 is 11.5 Å². The lowest BCUT2D eigenvalue weighted by Crippen LogP contribution is -2.34. The van der Waals surface area contributed by atoms with E-state index >= 15 is 0 Å². The van der Waals surface area contributed by atoms with Crippen LogP contribution >= 0.6 is 0 Å². The molecule has 10 heteroatoms. The van der Waals surface area contributed by atoms with E-state index in [-0.39, 0.29) is 24.4 Å². The minimum absolute atomic E-state index is 0.00927. The van der Waals surface area contributed by atoms with Gasteiger partial charge in [0.05, 0.1) is 24.9 Å². The van der Waals surface area contributed by atoms with Gasteiger partial charge in [0.15, 0.2) is 5.82 Å². The van der Waals surface area contributed by atoms with E-state index in [9.17, 15) is 9.50 Å². The highest BCUT2D eigenvalue weighted by Crippen LogP contribution is 2.33. The third-order valence-electron chi connectivity index (χ3n) is 6.46. The molecule has 3 atom stereocenters. The zero-order valence-corrected chi connectivity index (χ0v) is 18.7. The minimum atomic E-state index is -0.906. The zero-order valence-electron chi connectivity index (χ0n) is 18.7. The van der Waals surface area contributed by atoms with Crippen LogP contribution in [0.1, 0.15) is 42.6 Å². The number of rotatable bonds is 5. The lowest BCUT2D eigenvalue weighted by Gasteiger charge is -2.27. The van der Waals surface area contributed by atoms with E-state index < -0.39 is 5.54 Å². The molecule has 0 aliphatic carbocycles. The second-order valence-electron chi connectivity index (χ2n) is 8.77. The molecule has 3 aromatic heterocycles. The summed E-state index contributed by atoms with van der Waals surface area (Å²) in [4.78, 5) is 18.2. The summed E-state index contributed by atoms with van der Waals surface area (Å²) in [5, 5.41) is 9.36. The number of aliphatic hydroxyl groups excluding tert-OH is 1. The van der Waals surface area contributed by atoms with Crippen LogP contribution in [-0.2, 0) is 10.3 Å². The van der Waals surface area contributed by atoms with Crippen molar-refractivity contribution in [2.24, 2.45) is 5.73 Å². The summed E-state index contributed by atoms with van der Waals surface area (Å²) < 4.78 is 21.0. The molecule has 0 amide bonds. The lowest BCUT2D eigenvalue weighted by molar-refractivity contribution is -0.0282. The summed E-state index contributed by atoms with van der Waals surface area (Å²) in [7, 11) is 0. The molecule has 2 unspecified atom stereocenters. The maximum absolute atomic E-state index is 13.3. The van der Waals surface area contributed by atoms with E-state index in [0.717, 1.165) is 24.2 Å². The van der Waals surface area contributed by atoms with Crippen molar-refractivity contribution in [1.82, 2.24) is 24.3 Å². The third kappa shape index (κ3) is 3.89. The van der Waals surface area contributed by atoms with Gasteiger partial charge in [0, 0.05) is 36.3 Å². The second kappa shape index (κ2) is 8.71. The second-order valence-corrected chi connectivity index (χ2v) is 8.77. The molecular formula is C24H26FN7O2. The van der Waals surface area contributed by atoms with E-state index in [1.165, 1.54) is 12.1 Å². The fourth-order valence-corrected chi connectivity index (χ4v) is 4.37. The first-order chi connectivity index (χ1) is 16.4. The van der Waals surface area contributed by atoms with Crippen LogP contribution in [0.2, 0.25) is 0 Å². The molecule has 4 heterocycles. The van der Waals surface area contributed by atoms with Gasteiger partial charge in [0.1, 0.15) is 28.7 Å². The van der Waals surface area contributed by atoms with E-state index in [4.69, 9.17) is 21.2 Å². The van der Waals surface area contributed by atoms with Crippen LogP contribution in [0.4, 0.5) is 10.2 Å². The summed E-state index contributed by atoms with van der Waals surface area (Å²) in [6.45, 7) is 2.29. The van der Waals surface area contributed by atoms with Gasteiger partial charge in [-0.05, 0) is 37.5 Å². The van der Waals surface area contributed by atoms with Gasteiger partial charge in [-0.3, -0.25) is 4.40 Å². The minimum Gasteiger partial charge on any atom is -0.394 e. The summed E-state index contributed by atoms with van der Waals surface area (Å²) in [5.41, 5.74) is 14.4. The highest BCUT2D eigenvalue weighted by molar-refractivity contribution is 5.82. The number of ether oxygens (including phenoxy) is 1. The number of anilines is 1. The van der Waals surface area contributed by atoms with Gasteiger partial charge in [-0.1, -0.05) is 12.1 Å².